The largest absolute Gasteiger partial charge is 0.448 e. The average molecular weight is 359 g/mol. The molecule has 0 aromatic heterocycles. The van der Waals surface area contributed by atoms with Crippen molar-refractivity contribution in [3.8, 4) is 0 Å². The number of nitrogens with two attached hydrogens (primary N) is 2. The summed E-state index contributed by atoms with van der Waals surface area (Å²) in [6, 6.07) is 3.65. The topological polar surface area (TPSA) is 111 Å². The van der Waals surface area contributed by atoms with E-state index >= 15 is 0 Å². The Morgan fingerprint density at radius 3 is 2.83 bits per heavy atom. The minimum absolute atomic E-state index is 0.0264. The summed E-state index contributed by atoms with van der Waals surface area (Å²) in [5.74, 6) is -1.48. The summed E-state index contributed by atoms with van der Waals surface area (Å²) in [4.78, 5) is 25.7. The van der Waals surface area contributed by atoms with Gasteiger partial charge in [-0.1, -0.05) is 11.6 Å². The van der Waals surface area contributed by atoms with Crippen LogP contribution in [0.25, 0.3) is 0 Å². The Hall–Kier alpha value is -1.90. The lowest BCUT2D eigenvalue weighted by atomic mass is 9.94. The van der Waals surface area contributed by atoms with E-state index in [1.165, 1.54) is 17.0 Å². The molecule has 2 rings (SSSR count). The van der Waals surface area contributed by atoms with E-state index in [-0.39, 0.29) is 36.7 Å². The smallest absolute Gasteiger partial charge is 0.409 e. The second kappa shape index (κ2) is 8.27. The van der Waals surface area contributed by atoms with Crippen LogP contribution in [0.4, 0.5) is 14.9 Å². The number of nitrogens with zero attached hydrogens (tertiary/aromatic N) is 1. The number of carbonyl (C=O) groups excluding carboxylic acids is 2. The number of halogens is 2. The summed E-state index contributed by atoms with van der Waals surface area (Å²) < 4.78 is 18.4. The second-order valence-corrected chi connectivity index (χ2v) is 6.03. The van der Waals surface area contributed by atoms with E-state index in [2.05, 4.69) is 5.32 Å². The Morgan fingerprint density at radius 2 is 2.17 bits per heavy atom. The highest BCUT2D eigenvalue weighted by Crippen LogP contribution is 2.22. The number of piperidine rings is 1. The maximum absolute atomic E-state index is 13.4. The van der Waals surface area contributed by atoms with Gasteiger partial charge in [-0.05, 0) is 24.6 Å². The van der Waals surface area contributed by atoms with Crippen molar-refractivity contribution in [2.45, 2.75) is 12.5 Å². The van der Waals surface area contributed by atoms with Crippen LogP contribution in [-0.4, -0.2) is 49.2 Å². The van der Waals surface area contributed by atoms with Gasteiger partial charge in [0.2, 0.25) is 5.91 Å². The van der Waals surface area contributed by atoms with E-state index in [1.54, 1.807) is 0 Å². The molecule has 1 aliphatic rings. The third-order valence-corrected chi connectivity index (χ3v) is 3.95. The molecule has 0 bridgehead atoms. The molecule has 7 nitrogen and oxygen atoms in total. The van der Waals surface area contributed by atoms with Gasteiger partial charge in [-0.15, -0.1) is 0 Å². The minimum atomic E-state index is -0.623. The molecule has 2 amide bonds. The van der Waals surface area contributed by atoms with Crippen LogP contribution in [0.3, 0.4) is 0 Å². The predicted octanol–water partition coefficient (Wildman–Crippen LogP) is 1.16. The van der Waals surface area contributed by atoms with Gasteiger partial charge in [0.25, 0.3) is 0 Å². The van der Waals surface area contributed by atoms with Crippen molar-refractivity contribution in [3.63, 3.8) is 0 Å². The van der Waals surface area contributed by atoms with E-state index in [9.17, 15) is 14.0 Å². The molecule has 0 saturated carbocycles. The molecule has 1 aliphatic heterocycles. The van der Waals surface area contributed by atoms with E-state index in [4.69, 9.17) is 27.8 Å². The first-order chi connectivity index (χ1) is 11.4. The minimum Gasteiger partial charge on any atom is -0.448 e. The third kappa shape index (κ3) is 4.80. The first-order valence-electron chi connectivity index (χ1n) is 7.54. The number of benzene rings is 1. The number of hydrogen-bond donors (Lipinski definition) is 3. The van der Waals surface area contributed by atoms with Gasteiger partial charge in [-0.3, -0.25) is 4.79 Å². The van der Waals surface area contributed by atoms with Crippen LogP contribution in [0.5, 0.6) is 0 Å². The number of carbonyl (C=O) groups is 2. The summed E-state index contributed by atoms with van der Waals surface area (Å²) in [7, 11) is 0. The molecule has 9 heteroatoms. The van der Waals surface area contributed by atoms with E-state index < -0.39 is 17.8 Å². The first-order valence-corrected chi connectivity index (χ1v) is 7.91. The van der Waals surface area contributed by atoms with Gasteiger partial charge in [0, 0.05) is 31.4 Å². The zero-order valence-electron chi connectivity index (χ0n) is 13.0. The number of hydrogen-bond acceptors (Lipinski definition) is 5. The number of amides is 2. The van der Waals surface area contributed by atoms with Gasteiger partial charge in [-0.25, -0.2) is 9.18 Å². The van der Waals surface area contributed by atoms with Crippen LogP contribution >= 0.6 is 11.6 Å². The molecule has 0 spiro atoms. The SMILES string of the molecule is NCCOC(=O)N1CC(C(=O)Nc2ccc(Cl)c(F)c2)C[C@@H](N)C1. The van der Waals surface area contributed by atoms with Crippen molar-refractivity contribution in [1.82, 2.24) is 4.90 Å². The van der Waals surface area contributed by atoms with Crippen LogP contribution in [0, 0.1) is 11.7 Å². The van der Waals surface area contributed by atoms with E-state index in [1.807, 2.05) is 0 Å². The number of anilines is 1. The highest BCUT2D eigenvalue weighted by atomic mass is 35.5. The molecule has 1 heterocycles. The van der Waals surface area contributed by atoms with Gasteiger partial charge < -0.3 is 26.4 Å². The summed E-state index contributed by atoms with van der Waals surface area (Å²) in [5.41, 5.74) is 11.5. The quantitative estimate of drug-likeness (QED) is 0.748. The molecular formula is C15H20ClFN4O3. The zero-order valence-corrected chi connectivity index (χ0v) is 13.8. The fraction of sp³-hybridized carbons (Fsp3) is 0.467. The van der Waals surface area contributed by atoms with Crippen LogP contribution in [-0.2, 0) is 9.53 Å². The molecule has 1 unspecified atom stereocenters. The van der Waals surface area contributed by atoms with Gasteiger partial charge in [0.05, 0.1) is 10.9 Å². The zero-order chi connectivity index (χ0) is 17.7. The monoisotopic (exact) mass is 358 g/mol. The molecule has 2 atom stereocenters. The lowest BCUT2D eigenvalue weighted by Gasteiger charge is -2.34. The molecule has 0 aliphatic carbocycles. The van der Waals surface area contributed by atoms with Crippen LogP contribution in [0.1, 0.15) is 6.42 Å². The highest BCUT2D eigenvalue weighted by molar-refractivity contribution is 6.30. The fourth-order valence-electron chi connectivity index (χ4n) is 2.53. The standard InChI is InChI=1S/C15H20ClFN4O3/c16-12-2-1-11(6-13(12)17)20-14(22)9-5-10(19)8-21(7-9)15(23)24-4-3-18/h1-2,6,9-10H,3-5,7-8,18-19H2,(H,20,22)/t9?,10-/m1/s1. The van der Waals surface area contributed by atoms with Crippen LogP contribution in [0.2, 0.25) is 5.02 Å². The first kappa shape index (κ1) is 18.4. The van der Waals surface area contributed by atoms with Crippen molar-refractivity contribution >= 4 is 29.3 Å². The Kier molecular flexibility index (Phi) is 6.36. The van der Waals surface area contributed by atoms with Crippen molar-refractivity contribution in [3.05, 3.63) is 29.0 Å². The maximum atomic E-state index is 13.4. The lowest BCUT2D eigenvalue weighted by Crippen LogP contribution is -2.52. The summed E-state index contributed by atoms with van der Waals surface area (Å²) in [5, 5.41) is 2.58. The number of nitrogens with one attached hydrogen (secondary N) is 1. The normalized spacial score (nSPS) is 20.6. The average Bonchev–Trinajstić information content (AvgIpc) is 2.55. The highest BCUT2D eigenvalue weighted by Gasteiger charge is 2.33. The fourth-order valence-corrected chi connectivity index (χ4v) is 2.65. The predicted molar refractivity (Wildman–Crippen MR) is 88.1 cm³/mol. The Balaban J connectivity index is 1.99. The van der Waals surface area contributed by atoms with E-state index in [0.29, 0.717) is 18.7 Å². The molecule has 132 valence electrons. The molecular weight excluding hydrogens is 339 g/mol. The summed E-state index contributed by atoms with van der Waals surface area (Å²) in [6.45, 7) is 0.810. The summed E-state index contributed by atoms with van der Waals surface area (Å²) >= 11 is 5.61. The van der Waals surface area contributed by atoms with Crippen molar-refractivity contribution in [2.24, 2.45) is 17.4 Å². The number of ether oxygens (including phenoxy) is 1. The molecule has 1 aromatic rings. The van der Waals surface area contributed by atoms with Crippen LogP contribution in [0.15, 0.2) is 18.2 Å². The van der Waals surface area contributed by atoms with Crippen molar-refractivity contribution in [2.75, 3.05) is 31.6 Å². The summed E-state index contributed by atoms with van der Waals surface area (Å²) in [6.07, 6.45) is -0.131. The molecule has 1 fully saturated rings. The number of rotatable bonds is 4. The van der Waals surface area contributed by atoms with Gasteiger partial charge in [0.15, 0.2) is 0 Å². The molecule has 1 aromatic carbocycles. The van der Waals surface area contributed by atoms with Crippen molar-refractivity contribution < 1.29 is 18.7 Å². The van der Waals surface area contributed by atoms with Crippen LogP contribution < -0.4 is 16.8 Å². The van der Waals surface area contributed by atoms with E-state index in [0.717, 1.165) is 6.07 Å². The molecule has 24 heavy (non-hydrogen) atoms. The third-order valence-electron chi connectivity index (χ3n) is 3.64. The maximum Gasteiger partial charge on any atom is 0.409 e. The van der Waals surface area contributed by atoms with Gasteiger partial charge in [-0.2, -0.15) is 0 Å². The lowest BCUT2D eigenvalue weighted by molar-refractivity contribution is -0.121. The molecule has 0 radical (unpaired) electrons. The number of likely N-dealkylation sites (tertiary alicyclic amines) is 1. The van der Waals surface area contributed by atoms with Gasteiger partial charge >= 0.3 is 6.09 Å². The Morgan fingerprint density at radius 1 is 1.42 bits per heavy atom. The van der Waals surface area contributed by atoms with Crippen molar-refractivity contribution in [1.29, 1.82) is 0 Å². The molecule has 5 N–H and O–H groups in total. The van der Waals surface area contributed by atoms with Gasteiger partial charge in [0.1, 0.15) is 12.4 Å². The molecule has 1 saturated heterocycles. The Labute approximate surface area is 144 Å². The Bertz CT molecular complexity index is 616. The second-order valence-electron chi connectivity index (χ2n) is 5.62.